The third-order valence-electron chi connectivity index (χ3n) is 4.79. The highest BCUT2D eigenvalue weighted by Gasteiger charge is 2.60. The molecule has 0 bridgehead atoms. The van der Waals surface area contributed by atoms with Crippen LogP contribution in [0.4, 0.5) is 0 Å². The lowest BCUT2D eigenvalue weighted by molar-refractivity contribution is -0.164. The molecule has 2 aliphatic rings. The second-order valence-corrected chi connectivity index (χ2v) is 8.59. The van der Waals surface area contributed by atoms with Crippen molar-refractivity contribution in [2.24, 2.45) is 11.8 Å². The summed E-state index contributed by atoms with van der Waals surface area (Å²) < 4.78 is 6.10. The molecule has 1 aromatic heterocycles. The number of hydrogen-bond acceptors (Lipinski definition) is 6. The smallest absolute Gasteiger partial charge is 0.356 e. The molecule has 3 rings (SSSR count). The quantitative estimate of drug-likeness (QED) is 0.389. The molecule has 2 aliphatic heterocycles. The van der Waals surface area contributed by atoms with Gasteiger partial charge in [0.1, 0.15) is 12.3 Å². The Bertz CT molecular complexity index is 811. The average Bonchev–Trinajstić information content (AvgIpc) is 2.86. The van der Waals surface area contributed by atoms with Gasteiger partial charge in [0.2, 0.25) is 5.91 Å². The van der Waals surface area contributed by atoms with Crippen LogP contribution in [0.1, 0.15) is 19.4 Å². The molecule has 27 heavy (non-hydrogen) atoms. The molecule has 0 aromatic carbocycles. The number of fused-ring (bicyclic) bond motifs is 1. The van der Waals surface area contributed by atoms with Gasteiger partial charge in [-0.3, -0.25) is 9.78 Å². The lowest BCUT2D eigenvalue weighted by Crippen LogP contribution is -2.63. The first-order valence-electron chi connectivity index (χ1n) is 8.62. The number of nitrogens with zero attached hydrogens (tertiary/aromatic N) is 2. The van der Waals surface area contributed by atoms with Crippen LogP contribution in [0.2, 0.25) is 0 Å². The van der Waals surface area contributed by atoms with E-state index in [2.05, 4.69) is 27.5 Å². The Morgan fingerprint density at radius 3 is 2.93 bits per heavy atom. The van der Waals surface area contributed by atoms with Crippen LogP contribution in [0, 0.1) is 11.8 Å². The Hall–Kier alpha value is -1.64. The summed E-state index contributed by atoms with van der Waals surface area (Å²) in [4.78, 5) is 31.6. The zero-order valence-electron chi connectivity index (χ0n) is 15.1. The molecular formula is C19H21BrN2O4S. The van der Waals surface area contributed by atoms with Crippen molar-refractivity contribution in [1.29, 1.82) is 0 Å². The lowest BCUT2D eigenvalue weighted by atomic mass is 9.79. The molecule has 0 aliphatic carbocycles. The van der Waals surface area contributed by atoms with Crippen LogP contribution >= 0.6 is 27.7 Å². The molecule has 1 amide bonds. The summed E-state index contributed by atoms with van der Waals surface area (Å²) in [5.41, 5.74) is 1.30. The summed E-state index contributed by atoms with van der Waals surface area (Å²) in [5.74, 6) is -0.700. The minimum Gasteiger partial charge on any atom is -0.457 e. The largest absolute Gasteiger partial charge is 0.457 e. The first-order valence-corrected chi connectivity index (χ1v) is 10.4. The number of amides is 1. The van der Waals surface area contributed by atoms with E-state index in [0.29, 0.717) is 11.4 Å². The summed E-state index contributed by atoms with van der Waals surface area (Å²) in [6.07, 6.45) is 4.21. The van der Waals surface area contributed by atoms with E-state index in [1.54, 1.807) is 19.3 Å². The topological polar surface area (TPSA) is 79.7 Å². The summed E-state index contributed by atoms with van der Waals surface area (Å²) in [5, 5.41) is 9.98. The van der Waals surface area contributed by atoms with E-state index in [9.17, 15) is 14.7 Å². The van der Waals surface area contributed by atoms with Crippen LogP contribution in [-0.4, -0.2) is 45.6 Å². The van der Waals surface area contributed by atoms with Crippen molar-refractivity contribution >= 4 is 39.6 Å². The third kappa shape index (κ3) is 3.70. The molecule has 3 heterocycles. The van der Waals surface area contributed by atoms with Crippen molar-refractivity contribution in [2.45, 2.75) is 31.7 Å². The first kappa shape index (κ1) is 20.1. The number of aromatic nitrogens is 1. The number of rotatable bonds is 7. The van der Waals surface area contributed by atoms with Crippen molar-refractivity contribution in [2.75, 3.05) is 6.61 Å². The van der Waals surface area contributed by atoms with Gasteiger partial charge in [-0.15, -0.1) is 11.8 Å². The van der Waals surface area contributed by atoms with Crippen molar-refractivity contribution in [3.05, 3.63) is 51.8 Å². The van der Waals surface area contributed by atoms with E-state index >= 15 is 0 Å². The van der Waals surface area contributed by atoms with Crippen molar-refractivity contribution in [1.82, 2.24) is 9.88 Å². The van der Waals surface area contributed by atoms with Crippen molar-refractivity contribution in [3.8, 4) is 0 Å². The molecule has 1 saturated heterocycles. The SMILES string of the molecule is C=CCOC(=O)C1=C(SCc2cncc(Br)c2)[C@H](C)[C@H]2[C@@H]([C@@H](C)O)C(=O)N12. The number of ether oxygens (including phenoxy) is 1. The predicted octanol–water partition coefficient (Wildman–Crippen LogP) is 2.88. The normalized spacial score (nSPS) is 25.1. The zero-order valence-corrected chi connectivity index (χ0v) is 17.5. The van der Waals surface area contributed by atoms with Gasteiger partial charge in [0.05, 0.1) is 18.1 Å². The highest BCUT2D eigenvalue weighted by atomic mass is 79.9. The number of thioether (sulfide) groups is 1. The molecular weight excluding hydrogens is 432 g/mol. The zero-order chi connectivity index (χ0) is 19.7. The van der Waals surface area contributed by atoms with Crippen LogP contribution in [0.25, 0.3) is 0 Å². The van der Waals surface area contributed by atoms with Crippen molar-refractivity contribution < 1.29 is 19.4 Å². The molecule has 1 N–H and O–H groups in total. The first-order chi connectivity index (χ1) is 12.9. The van der Waals surface area contributed by atoms with Gasteiger partial charge in [-0.1, -0.05) is 19.6 Å². The highest BCUT2D eigenvalue weighted by Crippen LogP contribution is 2.51. The molecule has 0 radical (unpaired) electrons. The molecule has 8 heteroatoms. The molecule has 4 atom stereocenters. The maximum Gasteiger partial charge on any atom is 0.356 e. The van der Waals surface area contributed by atoms with Gasteiger partial charge in [-0.25, -0.2) is 4.79 Å². The fraction of sp³-hybridized carbons (Fsp3) is 0.421. The van der Waals surface area contributed by atoms with E-state index < -0.39 is 18.0 Å². The van der Waals surface area contributed by atoms with E-state index in [1.807, 2.05) is 13.0 Å². The van der Waals surface area contributed by atoms with Gasteiger partial charge in [0.25, 0.3) is 0 Å². The maximum absolute atomic E-state index is 12.6. The van der Waals surface area contributed by atoms with Crippen LogP contribution in [0.5, 0.6) is 0 Å². The van der Waals surface area contributed by atoms with Crippen LogP contribution in [0.3, 0.4) is 0 Å². The molecule has 0 spiro atoms. The molecule has 0 saturated carbocycles. The minimum absolute atomic E-state index is 0.0568. The number of carbonyl (C=O) groups is 2. The fourth-order valence-corrected chi connectivity index (χ4v) is 5.22. The number of aliphatic hydroxyl groups excluding tert-OH is 1. The van der Waals surface area contributed by atoms with Crippen LogP contribution in [-0.2, 0) is 20.1 Å². The van der Waals surface area contributed by atoms with Gasteiger partial charge >= 0.3 is 5.97 Å². The standard InChI is InChI=1S/C19H21BrN2O4S/c1-4-5-26-19(25)16-17(27-9-12-6-13(20)8-21-7-12)10(2)15-14(11(3)23)18(24)22(15)16/h4,6-8,10-11,14-15,23H,1,5,9H2,2-3H3/t10-,11-,14-,15+/m1/s1. The Balaban J connectivity index is 1.88. The highest BCUT2D eigenvalue weighted by molar-refractivity contribution is 9.10. The van der Waals surface area contributed by atoms with E-state index in [0.717, 1.165) is 14.9 Å². The van der Waals surface area contributed by atoms with Gasteiger partial charge < -0.3 is 14.7 Å². The van der Waals surface area contributed by atoms with Crippen LogP contribution < -0.4 is 0 Å². The van der Waals surface area contributed by atoms with Gasteiger partial charge in [0, 0.05) is 33.4 Å². The van der Waals surface area contributed by atoms with Gasteiger partial charge in [-0.05, 0) is 34.5 Å². The summed E-state index contributed by atoms with van der Waals surface area (Å²) in [6, 6.07) is 1.75. The summed E-state index contributed by atoms with van der Waals surface area (Å²) >= 11 is 4.91. The number of β-lactam (4-membered cyclic amide) rings is 1. The van der Waals surface area contributed by atoms with Gasteiger partial charge in [0.15, 0.2) is 0 Å². The monoisotopic (exact) mass is 452 g/mol. The number of pyridine rings is 1. The van der Waals surface area contributed by atoms with E-state index in [-0.39, 0.29) is 24.5 Å². The second-order valence-electron chi connectivity index (χ2n) is 6.65. The molecule has 1 fully saturated rings. The average molecular weight is 453 g/mol. The Morgan fingerprint density at radius 1 is 1.56 bits per heavy atom. The Morgan fingerprint density at radius 2 is 2.30 bits per heavy atom. The molecule has 6 nitrogen and oxygen atoms in total. The third-order valence-corrected chi connectivity index (χ3v) is 6.58. The lowest BCUT2D eigenvalue weighted by Gasteiger charge is -2.46. The predicted molar refractivity (Wildman–Crippen MR) is 106 cm³/mol. The van der Waals surface area contributed by atoms with Crippen molar-refractivity contribution in [3.63, 3.8) is 0 Å². The van der Waals surface area contributed by atoms with E-state index in [1.165, 1.54) is 22.7 Å². The molecule has 0 unspecified atom stereocenters. The van der Waals surface area contributed by atoms with Gasteiger partial charge in [-0.2, -0.15) is 0 Å². The molecule has 144 valence electrons. The number of halogens is 1. The number of carbonyl (C=O) groups excluding carboxylic acids is 2. The fourth-order valence-electron chi connectivity index (χ4n) is 3.60. The van der Waals surface area contributed by atoms with Crippen LogP contribution in [0.15, 0.2) is 46.2 Å². The Labute approximate surface area is 170 Å². The maximum atomic E-state index is 12.6. The summed E-state index contributed by atoms with van der Waals surface area (Å²) in [7, 11) is 0. The minimum atomic E-state index is -0.759. The number of hydrogen-bond donors (Lipinski definition) is 1. The number of aliphatic hydroxyl groups is 1. The Kier molecular flexibility index (Phi) is 6.08. The number of esters is 1. The van der Waals surface area contributed by atoms with E-state index in [4.69, 9.17) is 4.74 Å². The second kappa shape index (κ2) is 8.16. The molecule has 1 aromatic rings. The summed E-state index contributed by atoms with van der Waals surface area (Å²) in [6.45, 7) is 7.22.